The number of hydrogen-bond acceptors (Lipinski definition) is 3. The van der Waals surface area contributed by atoms with E-state index in [2.05, 4.69) is 0 Å². The Morgan fingerprint density at radius 1 is 1.22 bits per heavy atom. The average molecular weight is 253 g/mol. The molecule has 1 aromatic rings. The van der Waals surface area contributed by atoms with Crippen LogP contribution in [0.5, 0.6) is 5.75 Å². The number of nitrogens with two attached hydrogens (primary N) is 1. The highest BCUT2D eigenvalue weighted by Gasteiger charge is 2.29. The third kappa shape index (κ3) is 2.82. The molecule has 0 aromatic heterocycles. The molecule has 0 saturated heterocycles. The molecule has 0 heterocycles. The fraction of sp³-hybridized carbons (Fsp3) is 0.571. The maximum absolute atomic E-state index is 13.7. The first-order valence-electron chi connectivity index (χ1n) is 6.51. The van der Waals surface area contributed by atoms with Crippen LogP contribution in [0.3, 0.4) is 0 Å². The van der Waals surface area contributed by atoms with Gasteiger partial charge in [-0.3, -0.25) is 0 Å². The molecule has 1 aliphatic carbocycles. The van der Waals surface area contributed by atoms with Crippen molar-refractivity contribution in [2.24, 2.45) is 11.7 Å². The number of aliphatic hydroxyl groups excluding tert-OH is 1. The Morgan fingerprint density at radius 3 is 2.50 bits per heavy atom. The van der Waals surface area contributed by atoms with Gasteiger partial charge in [0.15, 0.2) is 0 Å². The summed E-state index contributed by atoms with van der Waals surface area (Å²) in [6, 6.07) is 3.14. The quantitative estimate of drug-likeness (QED) is 0.775. The number of aromatic hydroxyl groups is 1. The molecule has 100 valence electrons. The van der Waals surface area contributed by atoms with E-state index in [4.69, 9.17) is 10.8 Å². The van der Waals surface area contributed by atoms with E-state index in [9.17, 15) is 9.50 Å². The van der Waals surface area contributed by atoms with Crippen LogP contribution in [0.1, 0.15) is 43.7 Å². The zero-order valence-electron chi connectivity index (χ0n) is 10.3. The smallest absolute Gasteiger partial charge is 0.131 e. The van der Waals surface area contributed by atoms with Crippen molar-refractivity contribution < 1.29 is 14.6 Å². The van der Waals surface area contributed by atoms with Gasteiger partial charge in [0.25, 0.3) is 0 Å². The van der Waals surface area contributed by atoms with Crippen LogP contribution in [0.2, 0.25) is 0 Å². The first-order chi connectivity index (χ1) is 8.59. The van der Waals surface area contributed by atoms with Crippen molar-refractivity contribution in [2.75, 3.05) is 0 Å². The monoisotopic (exact) mass is 253 g/mol. The predicted octanol–water partition coefficient (Wildman–Crippen LogP) is 2.47. The van der Waals surface area contributed by atoms with E-state index in [-0.39, 0.29) is 17.2 Å². The number of phenolic OH excluding ortho intramolecular Hbond substituents is 1. The SMILES string of the molecule is N[C@H](c1ccc(O)cc1F)[C@@H](O)C1CCCCC1. The summed E-state index contributed by atoms with van der Waals surface area (Å²) < 4.78 is 13.7. The van der Waals surface area contributed by atoms with E-state index in [0.717, 1.165) is 31.7 Å². The van der Waals surface area contributed by atoms with Crippen molar-refractivity contribution in [2.45, 2.75) is 44.2 Å². The fourth-order valence-electron chi connectivity index (χ4n) is 2.74. The third-order valence-corrected chi connectivity index (χ3v) is 3.84. The van der Waals surface area contributed by atoms with Crippen molar-refractivity contribution in [3.63, 3.8) is 0 Å². The Labute approximate surface area is 106 Å². The normalized spacial score (nSPS) is 20.6. The van der Waals surface area contributed by atoms with Gasteiger partial charge in [-0.25, -0.2) is 4.39 Å². The van der Waals surface area contributed by atoms with Crippen LogP contribution in [0.25, 0.3) is 0 Å². The number of benzene rings is 1. The van der Waals surface area contributed by atoms with E-state index in [0.29, 0.717) is 0 Å². The summed E-state index contributed by atoms with van der Waals surface area (Å²) in [6.45, 7) is 0. The molecule has 1 fully saturated rings. The molecule has 0 bridgehead atoms. The lowest BCUT2D eigenvalue weighted by Crippen LogP contribution is -2.34. The Balaban J connectivity index is 2.11. The van der Waals surface area contributed by atoms with Crippen LogP contribution in [0.4, 0.5) is 4.39 Å². The third-order valence-electron chi connectivity index (χ3n) is 3.84. The van der Waals surface area contributed by atoms with Crippen LogP contribution < -0.4 is 5.73 Å². The summed E-state index contributed by atoms with van der Waals surface area (Å²) >= 11 is 0. The van der Waals surface area contributed by atoms with Gasteiger partial charge in [0.05, 0.1) is 12.1 Å². The lowest BCUT2D eigenvalue weighted by Gasteiger charge is -2.30. The Morgan fingerprint density at radius 2 is 1.89 bits per heavy atom. The summed E-state index contributed by atoms with van der Waals surface area (Å²) in [4.78, 5) is 0. The Bertz CT molecular complexity index is 405. The summed E-state index contributed by atoms with van der Waals surface area (Å²) in [5.74, 6) is -0.532. The second-order valence-corrected chi connectivity index (χ2v) is 5.12. The van der Waals surface area contributed by atoms with Gasteiger partial charge in [-0.15, -0.1) is 0 Å². The molecule has 18 heavy (non-hydrogen) atoms. The second-order valence-electron chi connectivity index (χ2n) is 5.12. The first kappa shape index (κ1) is 13.3. The van der Waals surface area contributed by atoms with Gasteiger partial charge in [0.1, 0.15) is 11.6 Å². The molecule has 2 rings (SSSR count). The maximum atomic E-state index is 13.7. The molecule has 1 aliphatic rings. The largest absolute Gasteiger partial charge is 0.508 e. The van der Waals surface area contributed by atoms with Gasteiger partial charge in [0, 0.05) is 11.6 Å². The molecule has 2 atom stereocenters. The van der Waals surface area contributed by atoms with E-state index in [1.165, 1.54) is 18.6 Å². The number of hydrogen-bond donors (Lipinski definition) is 3. The molecule has 0 radical (unpaired) electrons. The molecule has 0 amide bonds. The molecule has 0 spiro atoms. The van der Waals surface area contributed by atoms with Gasteiger partial charge < -0.3 is 15.9 Å². The summed E-state index contributed by atoms with van der Waals surface area (Å²) in [5.41, 5.74) is 6.22. The molecule has 3 nitrogen and oxygen atoms in total. The summed E-state index contributed by atoms with van der Waals surface area (Å²) in [5, 5.41) is 19.4. The summed E-state index contributed by atoms with van der Waals surface area (Å²) in [7, 11) is 0. The van der Waals surface area contributed by atoms with E-state index in [1.807, 2.05) is 0 Å². The van der Waals surface area contributed by atoms with Crippen molar-refractivity contribution in [1.29, 1.82) is 0 Å². The highest BCUT2D eigenvalue weighted by atomic mass is 19.1. The van der Waals surface area contributed by atoms with E-state index in [1.54, 1.807) is 0 Å². The lowest BCUT2D eigenvalue weighted by molar-refractivity contribution is 0.0607. The maximum Gasteiger partial charge on any atom is 0.131 e. The number of phenols is 1. The first-order valence-corrected chi connectivity index (χ1v) is 6.51. The van der Waals surface area contributed by atoms with Crippen LogP contribution >= 0.6 is 0 Å². The molecule has 0 unspecified atom stereocenters. The topological polar surface area (TPSA) is 66.5 Å². The van der Waals surface area contributed by atoms with Crippen LogP contribution in [0, 0.1) is 11.7 Å². The molecular weight excluding hydrogens is 233 g/mol. The predicted molar refractivity (Wildman–Crippen MR) is 67.6 cm³/mol. The standard InChI is InChI=1S/C14H20FNO2/c15-12-8-10(17)6-7-11(12)13(16)14(18)9-4-2-1-3-5-9/h6-9,13-14,17-18H,1-5,16H2/t13-,14+/m1/s1. The minimum Gasteiger partial charge on any atom is -0.508 e. The van der Waals surface area contributed by atoms with Crippen molar-refractivity contribution in [1.82, 2.24) is 0 Å². The van der Waals surface area contributed by atoms with Gasteiger partial charge in [0.2, 0.25) is 0 Å². The number of aliphatic hydroxyl groups is 1. The summed E-state index contributed by atoms with van der Waals surface area (Å²) in [6.07, 6.45) is 4.60. The minimum absolute atomic E-state index is 0.129. The van der Waals surface area contributed by atoms with Crippen molar-refractivity contribution in [3.8, 4) is 5.75 Å². The highest BCUT2D eigenvalue weighted by Crippen LogP contribution is 2.32. The minimum atomic E-state index is -0.728. The van der Waals surface area contributed by atoms with Crippen molar-refractivity contribution >= 4 is 0 Å². The van der Waals surface area contributed by atoms with Crippen LogP contribution in [-0.4, -0.2) is 16.3 Å². The van der Waals surface area contributed by atoms with Gasteiger partial charge >= 0.3 is 0 Å². The van der Waals surface area contributed by atoms with Crippen LogP contribution in [0.15, 0.2) is 18.2 Å². The molecule has 1 saturated carbocycles. The Hall–Kier alpha value is -1.13. The molecular formula is C14H20FNO2. The van der Waals surface area contributed by atoms with E-state index < -0.39 is 18.0 Å². The molecule has 4 heteroatoms. The van der Waals surface area contributed by atoms with Gasteiger partial charge in [-0.05, 0) is 24.8 Å². The molecule has 0 aliphatic heterocycles. The number of halogens is 1. The zero-order valence-corrected chi connectivity index (χ0v) is 10.3. The Kier molecular flexibility index (Phi) is 4.19. The highest BCUT2D eigenvalue weighted by molar-refractivity contribution is 5.30. The second kappa shape index (κ2) is 5.67. The lowest BCUT2D eigenvalue weighted by atomic mass is 9.81. The zero-order chi connectivity index (χ0) is 13.1. The average Bonchev–Trinajstić information content (AvgIpc) is 2.38. The molecule has 1 aromatic carbocycles. The van der Waals surface area contributed by atoms with Gasteiger partial charge in [-0.2, -0.15) is 0 Å². The van der Waals surface area contributed by atoms with Crippen LogP contribution in [-0.2, 0) is 0 Å². The van der Waals surface area contributed by atoms with Crippen molar-refractivity contribution in [3.05, 3.63) is 29.6 Å². The van der Waals surface area contributed by atoms with Gasteiger partial charge in [-0.1, -0.05) is 25.3 Å². The number of rotatable bonds is 3. The fourth-order valence-corrected chi connectivity index (χ4v) is 2.74. The van der Waals surface area contributed by atoms with E-state index >= 15 is 0 Å². The molecule has 4 N–H and O–H groups in total.